The number of aryl methyl sites for hydroxylation is 1. The van der Waals surface area contributed by atoms with Gasteiger partial charge in [0.1, 0.15) is 0 Å². The van der Waals surface area contributed by atoms with Crippen LogP contribution in [0.25, 0.3) is 0 Å². The number of nitrogens with one attached hydrogen (secondary N) is 2. The molecule has 4 nitrogen and oxygen atoms in total. The van der Waals surface area contributed by atoms with Crippen LogP contribution < -0.4 is 15.4 Å². The number of carbonyl (C=O) groups is 1. The van der Waals surface area contributed by atoms with Crippen LogP contribution in [0.4, 0.5) is 14.9 Å². The van der Waals surface area contributed by atoms with E-state index < -0.39 is 5.82 Å². The molecule has 6 heteroatoms. The minimum Gasteiger partial charge on any atom is -0.487 e. The lowest BCUT2D eigenvalue weighted by atomic mass is 10.2. The van der Waals surface area contributed by atoms with E-state index in [2.05, 4.69) is 10.6 Å². The third-order valence-corrected chi connectivity index (χ3v) is 4.27. The number of rotatable bonds is 5. The van der Waals surface area contributed by atoms with Crippen molar-refractivity contribution in [3.63, 3.8) is 0 Å². The normalized spacial score (nSPS) is 13.7. The molecular formula is C16H17FN2O2S. The highest BCUT2D eigenvalue weighted by atomic mass is 32.1. The summed E-state index contributed by atoms with van der Waals surface area (Å²) in [7, 11) is 0. The van der Waals surface area contributed by atoms with E-state index in [4.69, 9.17) is 4.74 Å². The zero-order valence-corrected chi connectivity index (χ0v) is 13.0. The molecular weight excluding hydrogens is 303 g/mol. The summed E-state index contributed by atoms with van der Waals surface area (Å²) in [6.07, 6.45) is 2.09. The molecule has 116 valence electrons. The molecule has 0 bridgehead atoms. The topological polar surface area (TPSA) is 50.4 Å². The van der Waals surface area contributed by atoms with Gasteiger partial charge in [0.05, 0.1) is 11.8 Å². The quantitative estimate of drug-likeness (QED) is 0.873. The van der Waals surface area contributed by atoms with Gasteiger partial charge >= 0.3 is 6.03 Å². The molecule has 0 radical (unpaired) electrons. The van der Waals surface area contributed by atoms with Crippen molar-refractivity contribution >= 4 is 23.1 Å². The molecule has 0 spiro atoms. The van der Waals surface area contributed by atoms with Crippen LogP contribution in [0, 0.1) is 12.7 Å². The number of thiophene rings is 1. The molecule has 0 aliphatic heterocycles. The van der Waals surface area contributed by atoms with E-state index in [1.807, 2.05) is 17.7 Å². The summed E-state index contributed by atoms with van der Waals surface area (Å²) >= 11 is 1.52. The number of halogens is 1. The van der Waals surface area contributed by atoms with Crippen molar-refractivity contribution in [2.75, 3.05) is 5.32 Å². The summed E-state index contributed by atoms with van der Waals surface area (Å²) in [4.78, 5) is 11.8. The second-order valence-corrected chi connectivity index (χ2v) is 6.07. The predicted molar refractivity (Wildman–Crippen MR) is 85.0 cm³/mol. The molecule has 0 saturated heterocycles. The van der Waals surface area contributed by atoms with Crippen LogP contribution in [0.15, 0.2) is 29.0 Å². The van der Waals surface area contributed by atoms with Crippen LogP contribution >= 0.6 is 11.3 Å². The number of hydrogen-bond donors (Lipinski definition) is 2. The Morgan fingerprint density at radius 1 is 1.41 bits per heavy atom. The Kier molecular flexibility index (Phi) is 4.29. The molecule has 1 heterocycles. The number of anilines is 1. The summed E-state index contributed by atoms with van der Waals surface area (Å²) < 4.78 is 19.8. The zero-order chi connectivity index (χ0) is 15.5. The van der Waals surface area contributed by atoms with Gasteiger partial charge in [-0.15, -0.1) is 11.3 Å². The van der Waals surface area contributed by atoms with Gasteiger partial charge in [0, 0.05) is 17.5 Å². The lowest BCUT2D eigenvalue weighted by Gasteiger charge is -2.11. The molecule has 1 fully saturated rings. The summed E-state index contributed by atoms with van der Waals surface area (Å²) in [5, 5.41) is 9.22. The Morgan fingerprint density at radius 2 is 2.23 bits per heavy atom. The van der Waals surface area contributed by atoms with Crippen molar-refractivity contribution in [2.45, 2.75) is 32.4 Å². The molecule has 0 atom stereocenters. The van der Waals surface area contributed by atoms with Gasteiger partial charge in [-0.05, 0) is 36.8 Å². The van der Waals surface area contributed by atoms with Crippen LogP contribution in [-0.4, -0.2) is 12.1 Å². The Labute approximate surface area is 132 Å². The first-order chi connectivity index (χ1) is 10.6. The van der Waals surface area contributed by atoms with Gasteiger partial charge in [0.2, 0.25) is 0 Å². The van der Waals surface area contributed by atoms with Crippen molar-refractivity contribution in [3.05, 3.63) is 45.9 Å². The molecule has 22 heavy (non-hydrogen) atoms. The fourth-order valence-electron chi connectivity index (χ4n) is 1.98. The van der Waals surface area contributed by atoms with E-state index in [-0.39, 0.29) is 24.4 Å². The monoisotopic (exact) mass is 320 g/mol. The molecule has 3 rings (SSSR count). The van der Waals surface area contributed by atoms with Crippen LogP contribution in [0.3, 0.4) is 0 Å². The highest BCUT2D eigenvalue weighted by Crippen LogP contribution is 2.29. The summed E-state index contributed by atoms with van der Waals surface area (Å²) in [5.41, 5.74) is 2.19. The van der Waals surface area contributed by atoms with Crippen LogP contribution in [-0.2, 0) is 6.54 Å². The lowest BCUT2D eigenvalue weighted by Crippen LogP contribution is -2.28. The molecule has 2 amide bonds. The van der Waals surface area contributed by atoms with Crippen LogP contribution in [0.2, 0.25) is 0 Å². The molecule has 1 saturated carbocycles. The van der Waals surface area contributed by atoms with E-state index in [0.717, 1.165) is 24.1 Å². The fourth-order valence-corrected chi connectivity index (χ4v) is 2.76. The standard InChI is InChI=1S/C16H17FN2O2S/c1-10-8-22-9-13(10)19-16(20)18-7-11-3-2-4-14(15(11)17)21-12-5-6-12/h2-4,8-9,12H,5-7H2,1H3,(H2,18,19,20). The average molecular weight is 320 g/mol. The van der Waals surface area contributed by atoms with E-state index in [9.17, 15) is 9.18 Å². The van der Waals surface area contributed by atoms with Gasteiger partial charge in [-0.25, -0.2) is 9.18 Å². The van der Waals surface area contributed by atoms with Crippen LogP contribution in [0.5, 0.6) is 5.75 Å². The number of hydrogen-bond acceptors (Lipinski definition) is 3. The van der Waals surface area contributed by atoms with Crippen LogP contribution in [0.1, 0.15) is 24.0 Å². The van der Waals surface area contributed by atoms with Gasteiger partial charge in [-0.3, -0.25) is 0 Å². The number of carbonyl (C=O) groups excluding carboxylic acids is 1. The molecule has 0 unspecified atom stereocenters. The van der Waals surface area contributed by atoms with Crippen molar-refractivity contribution in [3.8, 4) is 5.75 Å². The first-order valence-corrected chi connectivity index (χ1v) is 8.09. The lowest BCUT2D eigenvalue weighted by molar-refractivity contribution is 0.251. The van der Waals surface area contributed by atoms with Crippen molar-refractivity contribution in [1.82, 2.24) is 5.32 Å². The maximum atomic E-state index is 14.3. The minimum absolute atomic E-state index is 0.114. The van der Waals surface area contributed by atoms with Crippen molar-refractivity contribution in [2.24, 2.45) is 0 Å². The third-order valence-electron chi connectivity index (χ3n) is 3.40. The van der Waals surface area contributed by atoms with Gasteiger partial charge in [-0.1, -0.05) is 12.1 Å². The van der Waals surface area contributed by atoms with Crippen molar-refractivity contribution < 1.29 is 13.9 Å². The van der Waals surface area contributed by atoms with E-state index in [1.54, 1.807) is 18.2 Å². The number of urea groups is 1. The Balaban J connectivity index is 1.58. The minimum atomic E-state index is -0.401. The first kappa shape index (κ1) is 14.8. The van der Waals surface area contributed by atoms with E-state index >= 15 is 0 Å². The van der Waals surface area contributed by atoms with Gasteiger partial charge < -0.3 is 15.4 Å². The van der Waals surface area contributed by atoms with Gasteiger partial charge in [-0.2, -0.15) is 0 Å². The van der Waals surface area contributed by atoms with Crippen molar-refractivity contribution in [1.29, 1.82) is 0 Å². The number of benzene rings is 1. The van der Waals surface area contributed by atoms with Gasteiger partial charge in [0.15, 0.2) is 11.6 Å². The molecule has 2 aromatic rings. The van der Waals surface area contributed by atoms with E-state index in [0.29, 0.717) is 5.56 Å². The molecule has 2 N–H and O–H groups in total. The predicted octanol–water partition coefficient (Wildman–Crippen LogP) is 4.06. The summed E-state index contributed by atoms with van der Waals surface area (Å²) in [6.45, 7) is 2.03. The third kappa shape index (κ3) is 3.57. The summed E-state index contributed by atoms with van der Waals surface area (Å²) in [5.74, 6) is -0.141. The highest BCUT2D eigenvalue weighted by molar-refractivity contribution is 7.08. The maximum absolute atomic E-state index is 14.3. The summed E-state index contributed by atoms with van der Waals surface area (Å²) in [6, 6.07) is 4.64. The second kappa shape index (κ2) is 6.36. The Morgan fingerprint density at radius 3 is 2.91 bits per heavy atom. The number of amides is 2. The first-order valence-electron chi connectivity index (χ1n) is 7.15. The molecule has 1 aliphatic carbocycles. The molecule has 1 aliphatic rings. The number of ether oxygens (including phenoxy) is 1. The smallest absolute Gasteiger partial charge is 0.319 e. The second-order valence-electron chi connectivity index (χ2n) is 5.32. The SMILES string of the molecule is Cc1cscc1NC(=O)NCc1cccc(OC2CC2)c1F. The fraction of sp³-hybridized carbons (Fsp3) is 0.312. The van der Waals surface area contributed by atoms with E-state index in [1.165, 1.54) is 11.3 Å². The Bertz CT molecular complexity index is 683. The average Bonchev–Trinajstić information content (AvgIpc) is 3.23. The zero-order valence-electron chi connectivity index (χ0n) is 12.2. The molecule has 1 aromatic carbocycles. The van der Waals surface area contributed by atoms with Gasteiger partial charge in [0.25, 0.3) is 0 Å². The largest absolute Gasteiger partial charge is 0.487 e. The Hall–Kier alpha value is -2.08. The highest BCUT2D eigenvalue weighted by Gasteiger charge is 2.25. The molecule has 1 aromatic heterocycles. The maximum Gasteiger partial charge on any atom is 0.319 e.